The number of hydrogen-bond acceptors (Lipinski definition) is 5. The van der Waals surface area contributed by atoms with Gasteiger partial charge in [-0.1, -0.05) is 41.6 Å². The van der Waals surface area contributed by atoms with Gasteiger partial charge in [0.05, 0.1) is 12.9 Å². The van der Waals surface area contributed by atoms with E-state index in [9.17, 15) is 4.79 Å². The molecule has 3 rings (SSSR count). The summed E-state index contributed by atoms with van der Waals surface area (Å²) in [5, 5.41) is 8.82. The molecular formula is C20H22N4O2S. The number of amides is 1. The smallest absolute Gasteiger partial charge is 0.233 e. The van der Waals surface area contributed by atoms with E-state index in [1.165, 1.54) is 17.3 Å². The summed E-state index contributed by atoms with van der Waals surface area (Å²) in [6.45, 7) is 2.59. The van der Waals surface area contributed by atoms with Crippen LogP contribution in [0.5, 0.6) is 5.75 Å². The molecule has 0 aliphatic rings. The van der Waals surface area contributed by atoms with Crippen molar-refractivity contribution in [3.8, 4) is 11.4 Å². The van der Waals surface area contributed by atoms with Gasteiger partial charge in [-0.15, -0.1) is 10.2 Å². The lowest BCUT2D eigenvalue weighted by atomic mass is 10.2. The molecule has 0 spiro atoms. The monoisotopic (exact) mass is 382 g/mol. The van der Waals surface area contributed by atoms with Crippen LogP contribution in [0.1, 0.15) is 11.1 Å². The Balaban J connectivity index is 1.59. The van der Waals surface area contributed by atoms with Crippen LogP contribution in [-0.4, -0.2) is 45.5 Å². The number of hydrogen-bond donors (Lipinski definition) is 0. The van der Waals surface area contributed by atoms with Gasteiger partial charge in [0.15, 0.2) is 5.16 Å². The lowest BCUT2D eigenvalue weighted by Gasteiger charge is -2.17. The molecule has 1 amide bonds. The van der Waals surface area contributed by atoms with E-state index < -0.39 is 0 Å². The highest BCUT2D eigenvalue weighted by atomic mass is 32.2. The third-order valence-corrected chi connectivity index (χ3v) is 5.09. The molecule has 2 aromatic carbocycles. The van der Waals surface area contributed by atoms with Crippen molar-refractivity contribution in [1.29, 1.82) is 0 Å². The quantitative estimate of drug-likeness (QED) is 0.587. The molecule has 1 aromatic heterocycles. The highest BCUT2D eigenvalue weighted by molar-refractivity contribution is 7.99. The van der Waals surface area contributed by atoms with Gasteiger partial charge in [0.2, 0.25) is 5.91 Å². The van der Waals surface area contributed by atoms with Gasteiger partial charge in [0, 0.05) is 19.3 Å². The fourth-order valence-corrected chi connectivity index (χ4v) is 3.40. The third kappa shape index (κ3) is 4.89. The zero-order valence-corrected chi connectivity index (χ0v) is 16.4. The second kappa shape index (κ2) is 8.73. The Labute approximate surface area is 163 Å². The number of rotatable bonds is 7. The topological polar surface area (TPSA) is 60.2 Å². The van der Waals surface area contributed by atoms with Crippen LogP contribution in [0.15, 0.2) is 60.0 Å². The van der Waals surface area contributed by atoms with Crippen LogP contribution in [-0.2, 0) is 11.3 Å². The minimum absolute atomic E-state index is 0.0364. The summed E-state index contributed by atoms with van der Waals surface area (Å²) in [6.07, 6.45) is 1.67. The molecule has 0 fully saturated rings. The Kier molecular flexibility index (Phi) is 6.13. The van der Waals surface area contributed by atoms with Gasteiger partial charge in [0.1, 0.15) is 12.1 Å². The van der Waals surface area contributed by atoms with Crippen molar-refractivity contribution >= 4 is 17.7 Å². The second-order valence-electron chi connectivity index (χ2n) is 6.21. The molecule has 1 heterocycles. The van der Waals surface area contributed by atoms with Gasteiger partial charge < -0.3 is 9.64 Å². The van der Waals surface area contributed by atoms with Gasteiger partial charge in [0.25, 0.3) is 0 Å². The zero-order chi connectivity index (χ0) is 19.2. The van der Waals surface area contributed by atoms with Gasteiger partial charge in [-0.3, -0.25) is 9.36 Å². The van der Waals surface area contributed by atoms with Gasteiger partial charge in [-0.05, 0) is 36.8 Å². The lowest BCUT2D eigenvalue weighted by molar-refractivity contribution is -0.127. The average molecular weight is 382 g/mol. The van der Waals surface area contributed by atoms with E-state index in [-0.39, 0.29) is 5.91 Å². The summed E-state index contributed by atoms with van der Waals surface area (Å²) in [5.41, 5.74) is 3.22. The highest BCUT2D eigenvalue weighted by Crippen LogP contribution is 2.20. The largest absolute Gasteiger partial charge is 0.497 e. The van der Waals surface area contributed by atoms with Crippen molar-refractivity contribution in [3.05, 3.63) is 66.0 Å². The Morgan fingerprint density at radius 3 is 2.52 bits per heavy atom. The molecule has 3 aromatic rings. The van der Waals surface area contributed by atoms with Crippen molar-refractivity contribution in [2.24, 2.45) is 0 Å². The molecule has 0 saturated carbocycles. The first-order chi connectivity index (χ1) is 13.1. The molecule has 0 bridgehead atoms. The van der Waals surface area contributed by atoms with Crippen molar-refractivity contribution in [3.63, 3.8) is 0 Å². The zero-order valence-electron chi connectivity index (χ0n) is 15.6. The van der Waals surface area contributed by atoms with Crippen LogP contribution in [0.3, 0.4) is 0 Å². The predicted octanol–water partition coefficient (Wildman–Crippen LogP) is 3.34. The first kappa shape index (κ1) is 19.0. The minimum atomic E-state index is 0.0364. The van der Waals surface area contributed by atoms with Crippen molar-refractivity contribution in [2.45, 2.75) is 18.6 Å². The number of benzene rings is 2. The number of carbonyl (C=O) groups is 1. The standard InChI is InChI=1S/C20H22N4O2S/c1-15-4-8-17(9-5-15)24-14-21-22-20(24)27-13-19(25)23(2)12-16-6-10-18(26-3)11-7-16/h4-11,14H,12-13H2,1-3H3. The van der Waals surface area contributed by atoms with Crippen molar-refractivity contribution < 1.29 is 9.53 Å². The van der Waals surface area contributed by atoms with Gasteiger partial charge in [-0.25, -0.2) is 0 Å². The van der Waals surface area contributed by atoms with Crippen LogP contribution >= 0.6 is 11.8 Å². The van der Waals surface area contributed by atoms with E-state index >= 15 is 0 Å². The Hall–Kier alpha value is -2.80. The fraction of sp³-hybridized carbons (Fsp3) is 0.250. The summed E-state index contributed by atoms with van der Waals surface area (Å²) in [4.78, 5) is 14.2. The third-order valence-electron chi connectivity index (χ3n) is 4.16. The van der Waals surface area contributed by atoms with E-state index in [1.807, 2.05) is 60.0 Å². The molecular weight excluding hydrogens is 360 g/mol. The number of aromatic nitrogens is 3. The van der Waals surface area contributed by atoms with E-state index in [2.05, 4.69) is 10.2 Å². The van der Waals surface area contributed by atoms with Crippen LogP contribution < -0.4 is 4.74 Å². The average Bonchev–Trinajstić information content (AvgIpc) is 3.15. The maximum Gasteiger partial charge on any atom is 0.233 e. The number of ether oxygens (including phenoxy) is 1. The number of aryl methyl sites for hydroxylation is 1. The summed E-state index contributed by atoms with van der Waals surface area (Å²) in [6, 6.07) is 15.8. The molecule has 6 nitrogen and oxygen atoms in total. The molecule has 0 radical (unpaired) electrons. The molecule has 27 heavy (non-hydrogen) atoms. The molecule has 0 N–H and O–H groups in total. The summed E-state index contributed by atoms with van der Waals surface area (Å²) >= 11 is 1.38. The van der Waals surface area contributed by atoms with Crippen LogP contribution in [0.2, 0.25) is 0 Å². The molecule has 0 unspecified atom stereocenters. The van der Waals surface area contributed by atoms with E-state index in [0.29, 0.717) is 17.5 Å². The van der Waals surface area contributed by atoms with Crippen LogP contribution in [0.4, 0.5) is 0 Å². The van der Waals surface area contributed by atoms with Gasteiger partial charge in [-0.2, -0.15) is 0 Å². The Bertz CT molecular complexity index is 891. The number of carbonyl (C=O) groups excluding carboxylic acids is 1. The number of nitrogens with zero attached hydrogens (tertiary/aromatic N) is 4. The molecule has 140 valence electrons. The molecule has 0 saturated heterocycles. The first-order valence-electron chi connectivity index (χ1n) is 8.53. The van der Waals surface area contributed by atoms with Gasteiger partial charge >= 0.3 is 0 Å². The lowest BCUT2D eigenvalue weighted by Crippen LogP contribution is -2.27. The summed E-state index contributed by atoms with van der Waals surface area (Å²) < 4.78 is 7.05. The maximum atomic E-state index is 12.5. The summed E-state index contributed by atoms with van der Waals surface area (Å²) in [5.74, 6) is 1.14. The first-order valence-corrected chi connectivity index (χ1v) is 9.52. The van der Waals surface area contributed by atoms with Crippen molar-refractivity contribution in [1.82, 2.24) is 19.7 Å². The SMILES string of the molecule is COc1ccc(CN(C)C(=O)CSc2nncn2-c2ccc(C)cc2)cc1. The normalized spacial score (nSPS) is 10.6. The predicted molar refractivity (Wildman–Crippen MR) is 106 cm³/mol. The minimum Gasteiger partial charge on any atom is -0.497 e. The maximum absolute atomic E-state index is 12.5. The Morgan fingerprint density at radius 1 is 1.15 bits per heavy atom. The van der Waals surface area contributed by atoms with Crippen LogP contribution in [0.25, 0.3) is 5.69 Å². The van der Waals surface area contributed by atoms with Crippen LogP contribution in [0, 0.1) is 6.92 Å². The summed E-state index contributed by atoms with van der Waals surface area (Å²) in [7, 11) is 3.44. The Morgan fingerprint density at radius 2 is 1.85 bits per heavy atom. The fourth-order valence-electron chi connectivity index (χ4n) is 2.53. The molecule has 0 atom stereocenters. The number of methoxy groups -OCH3 is 1. The second-order valence-corrected chi connectivity index (χ2v) is 7.15. The van der Waals surface area contributed by atoms with Crippen molar-refractivity contribution in [2.75, 3.05) is 19.9 Å². The van der Waals surface area contributed by atoms with E-state index in [1.54, 1.807) is 25.4 Å². The van der Waals surface area contributed by atoms with E-state index in [0.717, 1.165) is 17.0 Å². The van der Waals surface area contributed by atoms with E-state index in [4.69, 9.17) is 4.74 Å². The molecule has 7 heteroatoms. The molecule has 0 aliphatic carbocycles. The number of thioether (sulfide) groups is 1. The highest BCUT2D eigenvalue weighted by Gasteiger charge is 2.13. The molecule has 0 aliphatic heterocycles.